The molecule has 174 valence electrons. The number of nitrogens with one attached hydrogen (secondary N) is 1. The van der Waals surface area contributed by atoms with Crippen LogP contribution >= 0.6 is 11.3 Å². The Morgan fingerprint density at radius 2 is 2.00 bits per heavy atom. The van der Waals surface area contributed by atoms with Crippen LogP contribution in [0.15, 0.2) is 53.9 Å². The van der Waals surface area contributed by atoms with Crippen LogP contribution in [0.3, 0.4) is 0 Å². The molecule has 0 saturated carbocycles. The lowest BCUT2D eigenvalue weighted by Crippen LogP contribution is -2.39. The Hall–Kier alpha value is -2.97. The van der Waals surface area contributed by atoms with E-state index in [4.69, 9.17) is 4.74 Å². The number of hydrogen-bond acceptors (Lipinski definition) is 5. The Kier molecular flexibility index (Phi) is 7.57. The fourth-order valence-electron chi connectivity index (χ4n) is 4.07. The van der Waals surface area contributed by atoms with E-state index in [9.17, 15) is 9.18 Å². The first-order valence-electron chi connectivity index (χ1n) is 11.1. The molecule has 2 heterocycles. The highest BCUT2D eigenvalue weighted by Gasteiger charge is 2.22. The Morgan fingerprint density at radius 3 is 2.73 bits per heavy atom. The number of thiazole rings is 1. The van der Waals surface area contributed by atoms with Crippen molar-refractivity contribution in [1.29, 1.82) is 0 Å². The minimum Gasteiger partial charge on any atom is -0.381 e. The van der Waals surface area contributed by atoms with Crippen LogP contribution in [0.1, 0.15) is 23.4 Å². The van der Waals surface area contributed by atoms with Gasteiger partial charge in [-0.15, -0.1) is 11.3 Å². The molecule has 4 rings (SSSR count). The van der Waals surface area contributed by atoms with Crippen molar-refractivity contribution in [3.63, 3.8) is 0 Å². The highest BCUT2D eigenvalue weighted by molar-refractivity contribution is 7.09. The zero-order valence-electron chi connectivity index (χ0n) is 19.0. The number of carbonyl (C=O) groups excluding carboxylic acids is 1. The number of methoxy groups -OCH3 is 1. The summed E-state index contributed by atoms with van der Waals surface area (Å²) in [5, 5.41) is 5.75. The fraction of sp³-hybridized carbons (Fsp3) is 0.360. The summed E-state index contributed by atoms with van der Waals surface area (Å²) in [5.74, 6) is -0.300. The van der Waals surface area contributed by atoms with E-state index in [1.54, 1.807) is 19.1 Å². The van der Waals surface area contributed by atoms with Crippen molar-refractivity contribution in [3.05, 3.63) is 70.3 Å². The lowest BCUT2D eigenvalue weighted by Gasteiger charge is -2.34. The summed E-state index contributed by atoms with van der Waals surface area (Å²) in [6.45, 7) is 2.36. The van der Waals surface area contributed by atoms with E-state index in [0.717, 1.165) is 53.4 Å². The maximum atomic E-state index is 14.0. The van der Waals surface area contributed by atoms with Gasteiger partial charge in [0, 0.05) is 50.4 Å². The normalized spacial score (nSPS) is 14.3. The topological polar surface area (TPSA) is 57.7 Å². The number of halogens is 1. The number of ether oxygens (including phenoxy) is 1. The van der Waals surface area contributed by atoms with Gasteiger partial charge in [-0.2, -0.15) is 0 Å². The first kappa shape index (κ1) is 23.2. The zero-order chi connectivity index (χ0) is 23.2. The minimum absolute atomic E-state index is 0.222. The van der Waals surface area contributed by atoms with E-state index in [-0.39, 0.29) is 18.0 Å². The quantitative estimate of drug-likeness (QED) is 0.536. The largest absolute Gasteiger partial charge is 0.381 e. The number of rotatable bonds is 7. The maximum absolute atomic E-state index is 14.0. The Labute approximate surface area is 198 Å². The van der Waals surface area contributed by atoms with Gasteiger partial charge in [-0.3, -0.25) is 0 Å². The summed E-state index contributed by atoms with van der Waals surface area (Å²) in [6, 6.07) is 14.5. The van der Waals surface area contributed by atoms with E-state index in [2.05, 4.69) is 15.2 Å². The number of hydrogen-bond donors (Lipinski definition) is 1. The highest BCUT2D eigenvalue weighted by Crippen LogP contribution is 2.27. The standard InChI is InChI=1S/C25H29FN4O2S/c1-29(25(31)27-15-24-28-22(17-33-24)18-6-4-3-5-7-18)16-19-14-20(26)8-9-23(19)30-12-10-21(32-2)11-13-30/h3-9,14,17,21H,10-13,15-16H2,1-2H3,(H,27,31). The molecule has 6 nitrogen and oxygen atoms in total. The van der Waals surface area contributed by atoms with Crippen molar-refractivity contribution in [3.8, 4) is 11.3 Å². The van der Waals surface area contributed by atoms with Gasteiger partial charge in [0.25, 0.3) is 0 Å². The van der Waals surface area contributed by atoms with Gasteiger partial charge in [-0.1, -0.05) is 30.3 Å². The number of piperidine rings is 1. The summed E-state index contributed by atoms with van der Waals surface area (Å²) < 4.78 is 19.5. The summed E-state index contributed by atoms with van der Waals surface area (Å²) in [6.07, 6.45) is 2.14. The second kappa shape index (κ2) is 10.8. The second-order valence-electron chi connectivity index (χ2n) is 8.20. The van der Waals surface area contributed by atoms with Gasteiger partial charge in [-0.25, -0.2) is 14.2 Å². The maximum Gasteiger partial charge on any atom is 0.317 e. The number of amides is 2. The molecular weight excluding hydrogens is 439 g/mol. The third-order valence-corrected chi connectivity index (χ3v) is 6.77. The van der Waals surface area contributed by atoms with Gasteiger partial charge >= 0.3 is 6.03 Å². The molecule has 1 N–H and O–H groups in total. The fourth-order valence-corrected chi connectivity index (χ4v) is 4.81. The van der Waals surface area contributed by atoms with Crippen molar-refractivity contribution in [1.82, 2.24) is 15.2 Å². The summed E-state index contributed by atoms with van der Waals surface area (Å²) >= 11 is 1.52. The molecule has 8 heteroatoms. The Bertz CT molecular complexity index is 1070. The molecule has 0 unspecified atom stereocenters. The third kappa shape index (κ3) is 5.89. The van der Waals surface area contributed by atoms with Crippen molar-refractivity contribution in [2.24, 2.45) is 0 Å². The number of benzene rings is 2. The summed E-state index contributed by atoms with van der Waals surface area (Å²) in [7, 11) is 3.46. The molecule has 0 spiro atoms. The Balaban J connectivity index is 1.36. The van der Waals surface area contributed by atoms with Crippen molar-refractivity contribution in [2.45, 2.75) is 32.0 Å². The van der Waals surface area contributed by atoms with E-state index in [1.165, 1.54) is 23.5 Å². The molecule has 1 saturated heterocycles. The van der Waals surface area contributed by atoms with Gasteiger partial charge in [0.05, 0.1) is 18.3 Å². The van der Waals surface area contributed by atoms with E-state index >= 15 is 0 Å². The average molecular weight is 469 g/mol. The minimum atomic E-state index is -0.300. The zero-order valence-corrected chi connectivity index (χ0v) is 19.8. The number of nitrogens with zero attached hydrogens (tertiary/aromatic N) is 3. The van der Waals surface area contributed by atoms with E-state index in [0.29, 0.717) is 13.1 Å². The summed E-state index contributed by atoms with van der Waals surface area (Å²) in [5.41, 5.74) is 3.72. The first-order valence-corrected chi connectivity index (χ1v) is 12.0. The molecule has 2 amide bonds. The lowest BCUT2D eigenvalue weighted by atomic mass is 10.0. The molecule has 3 aromatic rings. The number of aromatic nitrogens is 1. The van der Waals surface area contributed by atoms with Gasteiger partial charge in [-0.05, 0) is 36.6 Å². The SMILES string of the molecule is COC1CCN(c2ccc(F)cc2CN(C)C(=O)NCc2nc(-c3ccccc3)cs2)CC1. The highest BCUT2D eigenvalue weighted by atomic mass is 32.1. The van der Waals surface area contributed by atoms with Crippen LogP contribution in [0.25, 0.3) is 11.3 Å². The summed E-state index contributed by atoms with van der Waals surface area (Å²) in [4.78, 5) is 21.2. The molecule has 0 radical (unpaired) electrons. The molecule has 1 aliphatic heterocycles. The van der Waals surface area contributed by atoms with Gasteiger partial charge in [0.1, 0.15) is 10.8 Å². The van der Waals surface area contributed by atoms with Crippen LogP contribution in [0.2, 0.25) is 0 Å². The Morgan fingerprint density at radius 1 is 1.24 bits per heavy atom. The van der Waals surface area contributed by atoms with Crippen LogP contribution in [0.4, 0.5) is 14.9 Å². The number of anilines is 1. The van der Waals surface area contributed by atoms with Crippen molar-refractivity contribution < 1.29 is 13.9 Å². The lowest BCUT2D eigenvalue weighted by molar-refractivity contribution is 0.0819. The van der Waals surface area contributed by atoms with Crippen LogP contribution < -0.4 is 10.2 Å². The molecule has 33 heavy (non-hydrogen) atoms. The predicted molar refractivity (Wildman–Crippen MR) is 130 cm³/mol. The second-order valence-corrected chi connectivity index (χ2v) is 9.15. The van der Waals surface area contributed by atoms with E-state index in [1.807, 2.05) is 41.8 Å². The van der Waals surface area contributed by atoms with Gasteiger partial charge in [0.2, 0.25) is 0 Å². The number of carbonyl (C=O) groups is 1. The molecule has 1 aromatic heterocycles. The molecule has 1 aliphatic rings. The average Bonchev–Trinajstić information content (AvgIpc) is 3.32. The van der Waals surface area contributed by atoms with Gasteiger partial charge < -0.3 is 19.9 Å². The molecule has 2 aromatic carbocycles. The van der Waals surface area contributed by atoms with Crippen LogP contribution in [-0.2, 0) is 17.8 Å². The van der Waals surface area contributed by atoms with Crippen molar-refractivity contribution >= 4 is 23.1 Å². The van der Waals surface area contributed by atoms with Gasteiger partial charge in [0.15, 0.2) is 0 Å². The molecule has 0 atom stereocenters. The smallest absolute Gasteiger partial charge is 0.317 e. The third-order valence-electron chi connectivity index (χ3n) is 5.92. The van der Waals surface area contributed by atoms with Crippen molar-refractivity contribution in [2.75, 3.05) is 32.1 Å². The molecule has 0 bridgehead atoms. The van der Waals surface area contributed by atoms with Crippen LogP contribution in [-0.4, -0.2) is 49.3 Å². The molecule has 0 aliphatic carbocycles. The first-order chi connectivity index (χ1) is 16.0. The van der Waals surface area contributed by atoms with Crippen LogP contribution in [0.5, 0.6) is 0 Å². The molecule has 1 fully saturated rings. The number of urea groups is 1. The van der Waals surface area contributed by atoms with Crippen LogP contribution in [0, 0.1) is 5.82 Å². The van der Waals surface area contributed by atoms with E-state index < -0.39 is 0 Å². The molecular formula is C25H29FN4O2S. The predicted octanol–water partition coefficient (Wildman–Crippen LogP) is 4.91. The monoisotopic (exact) mass is 468 g/mol.